The Hall–Kier alpha value is -2.04. The van der Waals surface area contributed by atoms with E-state index in [9.17, 15) is 9.59 Å². The Bertz CT molecular complexity index is 446. The summed E-state index contributed by atoms with van der Waals surface area (Å²) in [6.45, 7) is 2.57. The zero-order valence-corrected chi connectivity index (χ0v) is 11.1. The molecule has 0 aliphatic rings. The predicted molar refractivity (Wildman–Crippen MR) is 72.6 cm³/mol. The van der Waals surface area contributed by atoms with E-state index in [4.69, 9.17) is 16.2 Å². The Morgan fingerprint density at radius 1 is 1.26 bits per heavy atom. The van der Waals surface area contributed by atoms with E-state index in [1.165, 1.54) is 0 Å². The maximum absolute atomic E-state index is 11.6. The van der Waals surface area contributed by atoms with Gasteiger partial charge in [0.1, 0.15) is 5.75 Å². The molecule has 0 radical (unpaired) electrons. The van der Waals surface area contributed by atoms with Crippen LogP contribution in [0.2, 0.25) is 0 Å². The number of para-hydroxylation sites is 1. The van der Waals surface area contributed by atoms with Gasteiger partial charge in [-0.25, -0.2) is 0 Å². The molecule has 1 unspecified atom stereocenters. The molecule has 0 bridgehead atoms. The molecular weight excluding hydrogens is 244 g/mol. The van der Waals surface area contributed by atoms with Crippen molar-refractivity contribution in [3.8, 4) is 5.75 Å². The fourth-order valence-electron chi connectivity index (χ4n) is 1.85. The number of primary amides is 2. The number of amides is 2. The number of benzene rings is 1. The summed E-state index contributed by atoms with van der Waals surface area (Å²) < 4.78 is 5.60. The fourth-order valence-corrected chi connectivity index (χ4v) is 1.85. The number of carbonyl (C=O) groups is 2. The predicted octanol–water partition coefficient (Wildman–Crippen LogP) is 1.31. The van der Waals surface area contributed by atoms with Crippen LogP contribution >= 0.6 is 0 Å². The Kier molecular flexibility index (Phi) is 5.85. The van der Waals surface area contributed by atoms with Gasteiger partial charge in [-0.15, -0.1) is 0 Å². The summed E-state index contributed by atoms with van der Waals surface area (Å²) in [6, 6.07) is 7.24. The van der Waals surface area contributed by atoms with Crippen molar-refractivity contribution in [2.45, 2.75) is 32.1 Å². The highest BCUT2D eigenvalue weighted by atomic mass is 16.5. The van der Waals surface area contributed by atoms with Gasteiger partial charge >= 0.3 is 0 Å². The summed E-state index contributed by atoms with van der Waals surface area (Å²) in [6.07, 6.45) is 1.30. The van der Waals surface area contributed by atoms with Crippen molar-refractivity contribution < 1.29 is 14.3 Å². The van der Waals surface area contributed by atoms with E-state index in [2.05, 4.69) is 0 Å². The zero-order chi connectivity index (χ0) is 14.3. The molecule has 0 heterocycles. The Morgan fingerprint density at radius 3 is 2.53 bits per heavy atom. The molecule has 0 aliphatic carbocycles. The molecule has 19 heavy (non-hydrogen) atoms. The lowest BCUT2D eigenvalue weighted by Gasteiger charge is -2.17. The lowest BCUT2D eigenvalue weighted by Crippen LogP contribution is -2.24. The van der Waals surface area contributed by atoms with E-state index in [-0.39, 0.29) is 6.42 Å². The molecule has 0 saturated heterocycles. The monoisotopic (exact) mass is 264 g/mol. The Balaban J connectivity index is 2.94. The fraction of sp³-hybridized carbons (Fsp3) is 0.429. The minimum absolute atomic E-state index is 0.121. The molecule has 0 saturated carbocycles. The summed E-state index contributed by atoms with van der Waals surface area (Å²) in [5.74, 6) is -0.842. The van der Waals surface area contributed by atoms with Crippen molar-refractivity contribution in [2.24, 2.45) is 11.5 Å². The molecule has 104 valence electrons. The average Bonchev–Trinajstić information content (AvgIpc) is 2.37. The van der Waals surface area contributed by atoms with Crippen LogP contribution in [0.5, 0.6) is 5.75 Å². The molecular formula is C14H20N2O3. The van der Waals surface area contributed by atoms with E-state index in [1.807, 2.05) is 19.1 Å². The molecule has 0 aromatic heterocycles. The molecule has 1 aromatic carbocycles. The first kappa shape index (κ1) is 15.0. The van der Waals surface area contributed by atoms with Gasteiger partial charge in [0.25, 0.3) is 0 Å². The standard InChI is InChI=1S/C14H20N2O3/c1-2-9-19-12-6-4-3-5-10(12)11(14(16)18)7-8-13(15)17/h3-6,11H,2,7-9H2,1H3,(H2,15,17)(H2,16,18). The van der Waals surface area contributed by atoms with Gasteiger partial charge in [-0.3, -0.25) is 9.59 Å². The minimum Gasteiger partial charge on any atom is -0.493 e. The highest BCUT2D eigenvalue weighted by molar-refractivity contribution is 5.84. The third-order valence-corrected chi connectivity index (χ3v) is 2.78. The molecule has 0 fully saturated rings. The number of ether oxygens (including phenoxy) is 1. The van der Waals surface area contributed by atoms with Gasteiger partial charge in [-0.1, -0.05) is 25.1 Å². The van der Waals surface area contributed by atoms with Gasteiger partial charge in [0, 0.05) is 12.0 Å². The number of hydrogen-bond acceptors (Lipinski definition) is 3. The Morgan fingerprint density at radius 2 is 1.95 bits per heavy atom. The quantitative estimate of drug-likeness (QED) is 0.741. The van der Waals surface area contributed by atoms with Crippen LogP contribution in [-0.2, 0) is 9.59 Å². The summed E-state index contributed by atoms with van der Waals surface area (Å²) in [5.41, 5.74) is 11.2. The first-order chi connectivity index (χ1) is 9.06. The lowest BCUT2D eigenvalue weighted by atomic mass is 9.92. The molecule has 1 atom stereocenters. The first-order valence-corrected chi connectivity index (χ1v) is 6.35. The first-order valence-electron chi connectivity index (χ1n) is 6.35. The largest absolute Gasteiger partial charge is 0.493 e. The molecule has 5 nitrogen and oxygen atoms in total. The molecule has 1 aromatic rings. The number of hydrogen-bond donors (Lipinski definition) is 2. The van der Waals surface area contributed by atoms with Crippen LogP contribution in [-0.4, -0.2) is 18.4 Å². The van der Waals surface area contributed by atoms with Gasteiger partial charge in [0.05, 0.1) is 12.5 Å². The average molecular weight is 264 g/mol. The highest BCUT2D eigenvalue weighted by Crippen LogP contribution is 2.29. The van der Waals surface area contributed by atoms with Crippen molar-refractivity contribution >= 4 is 11.8 Å². The Labute approximate surface area is 112 Å². The van der Waals surface area contributed by atoms with Crippen LogP contribution in [0.1, 0.15) is 37.7 Å². The van der Waals surface area contributed by atoms with Crippen LogP contribution in [0.3, 0.4) is 0 Å². The smallest absolute Gasteiger partial charge is 0.225 e. The van der Waals surface area contributed by atoms with Crippen molar-refractivity contribution in [1.82, 2.24) is 0 Å². The topological polar surface area (TPSA) is 95.4 Å². The normalized spacial score (nSPS) is 11.8. The molecule has 0 spiro atoms. The van der Waals surface area contributed by atoms with Gasteiger partial charge in [-0.05, 0) is 18.9 Å². The molecule has 0 aliphatic heterocycles. The lowest BCUT2D eigenvalue weighted by molar-refractivity contribution is -0.120. The molecule has 5 heteroatoms. The molecule has 1 rings (SSSR count). The number of carbonyl (C=O) groups excluding carboxylic acids is 2. The van der Waals surface area contributed by atoms with Gasteiger partial charge in [0.2, 0.25) is 11.8 Å². The van der Waals surface area contributed by atoms with Crippen molar-refractivity contribution in [3.63, 3.8) is 0 Å². The highest BCUT2D eigenvalue weighted by Gasteiger charge is 2.22. The van der Waals surface area contributed by atoms with Gasteiger partial charge < -0.3 is 16.2 Å². The SMILES string of the molecule is CCCOc1ccccc1C(CCC(N)=O)C(N)=O. The van der Waals surface area contributed by atoms with Gasteiger partial charge in [0.15, 0.2) is 0 Å². The number of nitrogens with two attached hydrogens (primary N) is 2. The zero-order valence-electron chi connectivity index (χ0n) is 11.1. The van der Waals surface area contributed by atoms with Gasteiger partial charge in [-0.2, -0.15) is 0 Å². The second-order valence-electron chi connectivity index (χ2n) is 4.35. The van der Waals surface area contributed by atoms with Crippen molar-refractivity contribution in [3.05, 3.63) is 29.8 Å². The van der Waals surface area contributed by atoms with Crippen LogP contribution in [0.15, 0.2) is 24.3 Å². The van der Waals surface area contributed by atoms with E-state index < -0.39 is 17.7 Å². The maximum Gasteiger partial charge on any atom is 0.225 e. The molecule has 2 amide bonds. The summed E-state index contributed by atoms with van der Waals surface area (Å²) in [5, 5.41) is 0. The third-order valence-electron chi connectivity index (χ3n) is 2.78. The van der Waals surface area contributed by atoms with Crippen LogP contribution in [0.4, 0.5) is 0 Å². The van der Waals surface area contributed by atoms with E-state index in [0.29, 0.717) is 24.3 Å². The minimum atomic E-state index is -0.555. The second kappa shape index (κ2) is 7.41. The van der Waals surface area contributed by atoms with E-state index in [0.717, 1.165) is 6.42 Å². The van der Waals surface area contributed by atoms with Crippen LogP contribution in [0.25, 0.3) is 0 Å². The summed E-state index contributed by atoms with van der Waals surface area (Å²) in [4.78, 5) is 22.4. The van der Waals surface area contributed by atoms with Crippen LogP contribution < -0.4 is 16.2 Å². The molecule has 4 N–H and O–H groups in total. The van der Waals surface area contributed by atoms with E-state index in [1.54, 1.807) is 12.1 Å². The third kappa shape index (κ3) is 4.62. The maximum atomic E-state index is 11.6. The number of rotatable bonds is 8. The van der Waals surface area contributed by atoms with Crippen molar-refractivity contribution in [2.75, 3.05) is 6.61 Å². The summed E-state index contributed by atoms with van der Waals surface area (Å²) >= 11 is 0. The van der Waals surface area contributed by atoms with Crippen LogP contribution in [0, 0.1) is 0 Å². The second-order valence-corrected chi connectivity index (χ2v) is 4.35. The summed E-state index contributed by atoms with van der Waals surface area (Å²) in [7, 11) is 0. The van der Waals surface area contributed by atoms with Crippen molar-refractivity contribution in [1.29, 1.82) is 0 Å². The van der Waals surface area contributed by atoms with E-state index >= 15 is 0 Å².